The van der Waals surface area contributed by atoms with Crippen molar-refractivity contribution in [3.8, 4) is 5.75 Å². The predicted molar refractivity (Wildman–Crippen MR) is 79.0 cm³/mol. The highest BCUT2D eigenvalue weighted by atomic mass is 35.5. The van der Waals surface area contributed by atoms with Gasteiger partial charge in [0.05, 0.1) is 4.92 Å². The Morgan fingerprint density at radius 3 is 2.45 bits per heavy atom. The van der Waals surface area contributed by atoms with Gasteiger partial charge in [-0.3, -0.25) is 10.1 Å². The van der Waals surface area contributed by atoms with E-state index in [4.69, 9.17) is 10.5 Å². The zero-order chi connectivity index (χ0) is 13.7. The van der Waals surface area contributed by atoms with Crippen LogP contribution in [0.1, 0.15) is 11.1 Å². The summed E-state index contributed by atoms with van der Waals surface area (Å²) in [6.45, 7) is 0.609. The van der Waals surface area contributed by atoms with Gasteiger partial charge in [-0.15, -0.1) is 12.4 Å². The maximum atomic E-state index is 10.7. The number of halogens is 1. The van der Waals surface area contributed by atoms with Crippen molar-refractivity contribution >= 4 is 18.1 Å². The lowest BCUT2D eigenvalue weighted by molar-refractivity contribution is -0.384. The van der Waals surface area contributed by atoms with Crippen molar-refractivity contribution in [1.29, 1.82) is 0 Å². The Hall–Kier alpha value is -2.11. The molecule has 0 aliphatic heterocycles. The Kier molecular flexibility index (Phi) is 5.96. The lowest BCUT2D eigenvalue weighted by atomic mass is 10.1. The molecule has 0 saturated carbocycles. The molecule has 0 radical (unpaired) electrons. The summed E-state index contributed by atoms with van der Waals surface area (Å²) in [6.07, 6.45) is 0. The van der Waals surface area contributed by atoms with Crippen LogP contribution in [0.2, 0.25) is 0 Å². The number of hydrogen-bond acceptors (Lipinski definition) is 4. The molecule has 0 aromatic heterocycles. The molecule has 0 spiro atoms. The first-order valence-electron chi connectivity index (χ1n) is 5.85. The summed E-state index contributed by atoms with van der Waals surface area (Å²) in [7, 11) is 0. The quantitative estimate of drug-likeness (QED) is 0.679. The van der Waals surface area contributed by atoms with Crippen molar-refractivity contribution < 1.29 is 9.66 Å². The summed E-state index contributed by atoms with van der Waals surface area (Å²) in [5.74, 6) is 0.581. The molecular weight excluding hydrogens is 280 g/mol. The molecule has 0 heterocycles. The fourth-order valence-corrected chi connectivity index (χ4v) is 1.72. The molecule has 2 aromatic carbocycles. The number of nitro groups is 1. The number of ether oxygens (including phenoxy) is 1. The molecule has 0 amide bonds. The second-order valence-electron chi connectivity index (χ2n) is 4.03. The first-order valence-corrected chi connectivity index (χ1v) is 5.85. The number of hydrogen-bond donors (Lipinski definition) is 1. The van der Waals surface area contributed by atoms with Crippen molar-refractivity contribution in [2.75, 3.05) is 0 Å². The maximum Gasteiger partial charge on any atom is 0.270 e. The van der Waals surface area contributed by atoms with E-state index >= 15 is 0 Å². The highest BCUT2D eigenvalue weighted by Gasteiger charge is 2.10. The van der Waals surface area contributed by atoms with E-state index in [1.165, 1.54) is 12.1 Å². The van der Waals surface area contributed by atoms with Gasteiger partial charge in [-0.25, -0.2) is 0 Å². The minimum Gasteiger partial charge on any atom is -0.489 e. The summed E-state index contributed by atoms with van der Waals surface area (Å²) >= 11 is 0. The molecule has 2 aromatic rings. The van der Waals surface area contributed by atoms with Crippen molar-refractivity contribution in [3.63, 3.8) is 0 Å². The van der Waals surface area contributed by atoms with Gasteiger partial charge in [0.25, 0.3) is 5.69 Å². The van der Waals surface area contributed by atoms with E-state index in [9.17, 15) is 10.1 Å². The zero-order valence-electron chi connectivity index (χ0n) is 10.7. The van der Waals surface area contributed by atoms with E-state index < -0.39 is 4.92 Å². The van der Waals surface area contributed by atoms with Gasteiger partial charge in [0.1, 0.15) is 12.4 Å². The summed E-state index contributed by atoms with van der Waals surface area (Å²) < 4.78 is 5.65. The van der Waals surface area contributed by atoms with Crippen LogP contribution in [0.25, 0.3) is 0 Å². The van der Waals surface area contributed by atoms with Crippen LogP contribution in [-0.2, 0) is 13.2 Å². The first kappa shape index (κ1) is 15.9. The smallest absolute Gasteiger partial charge is 0.270 e. The van der Waals surface area contributed by atoms with Gasteiger partial charge in [-0.05, 0) is 11.6 Å². The van der Waals surface area contributed by atoms with Crippen molar-refractivity contribution in [2.45, 2.75) is 13.2 Å². The second kappa shape index (κ2) is 7.47. The molecule has 2 rings (SSSR count). The molecule has 20 heavy (non-hydrogen) atoms. The third kappa shape index (κ3) is 3.94. The van der Waals surface area contributed by atoms with Gasteiger partial charge in [-0.1, -0.05) is 30.3 Å². The molecule has 0 bridgehead atoms. The van der Waals surface area contributed by atoms with Crippen LogP contribution >= 0.6 is 12.4 Å². The Morgan fingerprint density at radius 2 is 1.85 bits per heavy atom. The third-order valence-corrected chi connectivity index (χ3v) is 2.71. The van der Waals surface area contributed by atoms with Crippen LogP contribution in [0.15, 0.2) is 48.5 Å². The standard InChI is InChI=1S/C14H14N2O3.ClH/c15-9-12-8-13(16(17)18)6-7-14(12)19-10-11-4-2-1-3-5-11;/h1-8H,9-10,15H2;1H. The average molecular weight is 295 g/mol. The first-order chi connectivity index (χ1) is 9.20. The van der Waals surface area contributed by atoms with Gasteiger partial charge in [0.2, 0.25) is 0 Å². The van der Waals surface area contributed by atoms with E-state index in [0.29, 0.717) is 17.9 Å². The van der Waals surface area contributed by atoms with Gasteiger partial charge in [-0.2, -0.15) is 0 Å². The van der Waals surface area contributed by atoms with Crippen molar-refractivity contribution in [1.82, 2.24) is 0 Å². The van der Waals surface area contributed by atoms with Crippen molar-refractivity contribution in [2.24, 2.45) is 5.73 Å². The fraction of sp³-hybridized carbons (Fsp3) is 0.143. The average Bonchev–Trinajstić information content (AvgIpc) is 2.45. The van der Waals surface area contributed by atoms with Gasteiger partial charge in [0.15, 0.2) is 0 Å². The second-order valence-corrected chi connectivity index (χ2v) is 4.03. The predicted octanol–water partition coefficient (Wildman–Crippen LogP) is 3.05. The monoisotopic (exact) mass is 294 g/mol. The fourth-order valence-electron chi connectivity index (χ4n) is 1.72. The minimum absolute atomic E-state index is 0. The van der Waals surface area contributed by atoms with Crippen molar-refractivity contribution in [3.05, 3.63) is 69.8 Å². The largest absolute Gasteiger partial charge is 0.489 e. The van der Waals surface area contributed by atoms with Crippen LogP contribution in [0, 0.1) is 10.1 Å². The highest BCUT2D eigenvalue weighted by molar-refractivity contribution is 5.85. The van der Waals surface area contributed by atoms with Crippen LogP contribution in [0.3, 0.4) is 0 Å². The molecule has 0 atom stereocenters. The number of rotatable bonds is 5. The van der Waals surface area contributed by atoms with Crippen LogP contribution in [-0.4, -0.2) is 4.92 Å². The Morgan fingerprint density at radius 1 is 1.15 bits per heavy atom. The number of nitrogens with zero attached hydrogens (tertiary/aromatic N) is 1. The molecule has 0 fully saturated rings. The molecular formula is C14H15ClN2O3. The van der Waals surface area contributed by atoms with Gasteiger partial charge < -0.3 is 10.5 Å². The topological polar surface area (TPSA) is 78.4 Å². The maximum absolute atomic E-state index is 10.7. The molecule has 6 heteroatoms. The van der Waals surface area contributed by atoms with Crippen LogP contribution in [0.5, 0.6) is 5.75 Å². The summed E-state index contributed by atoms with van der Waals surface area (Å²) in [6, 6.07) is 14.1. The minimum atomic E-state index is -0.444. The number of nitro benzene ring substituents is 1. The molecule has 0 aliphatic rings. The van der Waals surface area contributed by atoms with Crippen LogP contribution in [0.4, 0.5) is 5.69 Å². The lowest BCUT2D eigenvalue weighted by Gasteiger charge is -2.10. The number of nitrogens with two attached hydrogens (primary N) is 1. The summed E-state index contributed by atoms with van der Waals surface area (Å²) in [4.78, 5) is 10.2. The van der Waals surface area contributed by atoms with Gasteiger partial charge >= 0.3 is 0 Å². The normalized spacial score (nSPS) is 9.65. The SMILES string of the molecule is Cl.NCc1cc([N+](=O)[O-])ccc1OCc1ccccc1. The third-order valence-electron chi connectivity index (χ3n) is 2.71. The Labute approximate surface area is 122 Å². The van der Waals surface area contributed by atoms with E-state index in [1.807, 2.05) is 30.3 Å². The molecule has 5 nitrogen and oxygen atoms in total. The molecule has 2 N–H and O–H groups in total. The van der Waals surface area contributed by atoms with E-state index in [2.05, 4.69) is 0 Å². The Balaban J connectivity index is 0.00000200. The van der Waals surface area contributed by atoms with E-state index in [-0.39, 0.29) is 24.6 Å². The summed E-state index contributed by atoms with van der Waals surface area (Å²) in [5.41, 5.74) is 7.27. The lowest BCUT2D eigenvalue weighted by Crippen LogP contribution is -2.03. The molecule has 0 aliphatic carbocycles. The Bertz CT molecular complexity index is 576. The van der Waals surface area contributed by atoms with Crippen LogP contribution < -0.4 is 10.5 Å². The summed E-state index contributed by atoms with van der Waals surface area (Å²) in [5, 5.41) is 10.7. The van der Waals surface area contributed by atoms with E-state index in [0.717, 1.165) is 5.56 Å². The number of non-ortho nitro benzene ring substituents is 1. The zero-order valence-corrected chi connectivity index (χ0v) is 11.5. The molecule has 0 unspecified atom stereocenters. The number of benzene rings is 2. The van der Waals surface area contributed by atoms with E-state index in [1.54, 1.807) is 6.07 Å². The highest BCUT2D eigenvalue weighted by Crippen LogP contribution is 2.24. The van der Waals surface area contributed by atoms with Gasteiger partial charge in [0, 0.05) is 24.2 Å². The molecule has 0 saturated heterocycles. The molecule has 106 valence electrons.